The Kier molecular flexibility index (Phi) is 8.76. The van der Waals surface area contributed by atoms with Crippen LogP contribution >= 0.6 is 0 Å². The van der Waals surface area contributed by atoms with Gasteiger partial charge in [0.25, 0.3) is 0 Å². The number of aromatic nitrogens is 3. The highest BCUT2D eigenvalue weighted by Crippen LogP contribution is 2.26. The molecule has 0 amide bonds. The predicted molar refractivity (Wildman–Crippen MR) is 158 cm³/mol. The summed E-state index contributed by atoms with van der Waals surface area (Å²) in [6.45, 7) is 14.4. The Hall–Kier alpha value is -2.93. The largest absolute Gasteiger partial charge is 0.598 e. The minimum absolute atomic E-state index is 0.138. The number of hydrogen-bond acceptors (Lipinski definition) is 4. The zero-order chi connectivity index (χ0) is 27.4. The predicted octanol–water partition coefficient (Wildman–Crippen LogP) is 6.62. The van der Waals surface area contributed by atoms with Crippen LogP contribution in [-0.4, -0.2) is 23.8 Å². The van der Waals surface area contributed by atoms with Crippen LogP contribution in [0.25, 0.3) is 5.82 Å². The summed E-state index contributed by atoms with van der Waals surface area (Å²) in [5.74, 6) is 0.926. The Balaban J connectivity index is 1.63. The minimum Gasteiger partial charge on any atom is -0.598 e. The van der Waals surface area contributed by atoms with E-state index in [0.29, 0.717) is 6.42 Å². The molecule has 0 saturated heterocycles. The average Bonchev–Trinajstić information content (AvgIpc) is 3.19. The van der Waals surface area contributed by atoms with Gasteiger partial charge in [-0.1, -0.05) is 24.3 Å². The SMILES string of the molecule is Cc1ccnc(CCc2cccc([C@@H](Cc3cc(C)cc(-n4c(C)ccc4C)n3)N[S@@+]([O-])C(C)(C)C)c2)c1. The summed E-state index contributed by atoms with van der Waals surface area (Å²) in [6.07, 6.45) is 4.30. The van der Waals surface area contributed by atoms with Gasteiger partial charge in [0.05, 0.1) is 6.04 Å². The van der Waals surface area contributed by atoms with E-state index in [2.05, 4.69) is 96.6 Å². The average molecular weight is 529 g/mol. The lowest BCUT2D eigenvalue weighted by Gasteiger charge is -2.28. The molecule has 1 N–H and O–H groups in total. The number of nitrogens with one attached hydrogen (secondary N) is 1. The van der Waals surface area contributed by atoms with Crippen molar-refractivity contribution in [3.05, 3.63) is 112 Å². The second-order valence-corrected chi connectivity index (χ2v) is 13.3. The smallest absolute Gasteiger partial charge is 0.137 e. The van der Waals surface area contributed by atoms with E-state index < -0.39 is 11.4 Å². The van der Waals surface area contributed by atoms with Crippen molar-refractivity contribution < 1.29 is 4.55 Å². The fraction of sp³-hybridized carbons (Fsp3) is 0.375. The molecular weight excluding hydrogens is 488 g/mol. The number of benzene rings is 1. The first kappa shape index (κ1) is 28.1. The van der Waals surface area contributed by atoms with Crippen LogP contribution in [0, 0.1) is 27.7 Å². The van der Waals surface area contributed by atoms with Gasteiger partial charge in [-0.25, -0.2) is 4.98 Å². The lowest BCUT2D eigenvalue weighted by molar-refractivity contribution is 0.520. The van der Waals surface area contributed by atoms with Gasteiger partial charge in [-0.2, -0.15) is 0 Å². The van der Waals surface area contributed by atoms with Crippen molar-refractivity contribution in [1.82, 2.24) is 19.3 Å². The van der Waals surface area contributed by atoms with Gasteiger partial charge in [0.1, 0.15) is 10.6 Å². The first-order valence-corrected chi connectivity index (χ1v) is 14.5. The Morgan fingerprint density at radius 1 is 0.868 bits per heavy atom. The fourth-order valence-electron chi connectivity index (χ4n) is 4.68. The Morgan fingerprint density at radius 2 is 1.58 bits per heavy atom. The third kappa shape index (κ3) is 7.13. The van der Waals surface area contributed by atoms with Crippen molar-refractivity contribution in [2.24, 2.45) is 0 Å². The van der Waals surface area contributed by atoms with E-state index in [1.165, 1.54) is 11.1 Å². The van der Waals surface area contributed by atoms with Gasteiger partial charge in [-0.3, -0.25) is 4.98 Å². The van der Waals surface area contributed by atoms with Crippen LogP contribution < -0.4 is 4.72 Å². The van der Waals surface area contributed by atoms with Gasteiger partial charge < -0.3 is 9.12 Å². The molecule has 1 aromatic carbocycles. The van der Waals surface area contributed by atoms with Crippen LogP contribution in [0.15, 0.2) is 66.9 Å². The van der Waals surface area contributed by atoms with E-state index in [1.807, 2.05) is 33.0 Å². The van der Waals surface area contributed by atoms with Crippen molar-refractivity contribution in [3.8, 4) is 5.82 Å². The van der Waals surface area contributed by atoms with Gasteiger partial charge in [-0.15, -0.1) is 4.72 Å². The van der Waals surface area contributed by atoms with Gasteiger partial charge in [0.15, 0.2) is 0 Å². The summed E-state index contributed by atoms with van der Waals surface area (Å²) in [4.78, 5) is 9.58. The van der Waals surface area contributed by atoms with E-state index in [-0.39, 0.29) is 10.8 Å². The van der Waals surface area contributed by atoms with Crippen molar-refractivity contribution in [1.29, 1.82) is 0 Å². The van der Waals surface area contributed by atoms with Gasteiger partial charge in [0, 0.05) is 46.8 Å². The summed E-state index contributed by atoms with van der Waals surface area (Å²) in [6, 6.07) is 21.2. The molecule has 3 aromatic heterocycles. The van der Waals surface area contributed by atoms with Crippen LogP contribution in [0.1, 0.15) is 71.8 Å². The molecule has 0 radical (unpaired) electrons. The first-order chi connectivity index (χ1) is 18.0. The fourth-order valence-corrected chi connectivity index (χ4v) is 5.52. The van der Waals surface area contributed by atoms with Crippen LogP contribution in [0.3, 0.4) is 0 Å². The van der Waals surface area contributed by atoms with Crippen molar-refractivity contribution >= 4 is 11.4 Å². The Bertz CT molecular complexity index is 1370. The number of pyridine rings is 2. The zero-order valence-corrected chi connectivity index (χ0v) is 24.5. The molecule has 0 unspecified atom stereocenters. The molecule has 4 aromatic rings. The van der Waals surface area contributed by atoms with E-state index in [4.69, 9.17) is 4.98 Å². The summed E-state index contributed by atoms with van der Waals surface area (Å²) >= 11 is -1.22. The molecule has 0 fully saturated rings. The number of nitrogens with zero attached hydrogens (tertiary/aromatic N) is 3. The third-order valence-electron chi connectivity index (χ3n) is 6.72. The molecule has 200 valence electrons. The monoisotopic (exact) mass is 528 g/mol. The van der Waals surface area contributed by atoms with Gasteiger partial charge >= 0.3 is 0 Å². The molecule has 0 bridgehead atoms. The molecule has 0 aliphatic heterocycles. The van der Waals surface area contributed by atoms with Crippen LogP contribution in [0.4, 0.5) is 0 Å². The maximum absolute atomic E-state index is 13.2. The molecule has 0 aliphatic rings. The first-order valence-electron chi connectivity index (χ1n) is 13.3. The third-order valence-corrected chi connectivity index (χ3v) is 8.33. The summed E-state index contributed by atoms with van der Waals surface area (Å²) in [5, 5.41) is 0. The number of rotatable bonds is 9. The highest BCUT2D eigenvalue weighted by molar-refractivity contribution is 7.90. The highest BCUT2D eigenvalue weighted by Gasteiger charge is 2.30. The van der Waals surface area contributed by atoms with Gasteiger partial charge in [0.2, 0.25) is 0 Å². The quantitative estimate of drug-likeness (QED) is 0.248. The number of aryl methyl sites for hydroxylation is 6. The molecule has 3 heterocycles. The molecule has 0 spiro atoms. The van der Waals surface area contributed by atoms with Crippen LogP contribution in [0.2, 0.25) is 0 Å². The lowest BCUT2D eigenvalue weighted by atomic mass is 9.98. The number of hydrogen-bond donors (Lipinski definition) is 1. The lowest BCUT2D eigenvalue weighted by Crippen LogP contribution is -2.42. The minimum atomic E-state index is -1.22. The van der Waals surface area contributed by atoms with Crippen molar-refractivity contribution in [2.45, 2.75) is 78.5 Å². The zero-order valence-electron chi connectivity index (χ0n) is 23.7. The van der Waals surface area contributed by atoms with E-state index in [0.717, 1.165) is 52.6 Å². The van der Waals surface area contributed by atoms with Gasteiger partial charge in [-0.05, 0) is 120 Å². The van der Waals surface area contributed by atoms with Crippen molar-refractivity contribution in [3.63, 3.8) is 0 Å². The molecule has 0 aliphatic carbocycles. The highest BCUT2D eigenvalue weighted by atomic mass is 32.2. The normalized spacial score (nSPS) is 13.5. The summed E-state index contributed by atoms with van der Waals surface area (Å²) < 4.78 is 18.5. The second-order valence-electron chi connectivity index (χ2n) is 11.3. The Morgan fingerprint density at radius 3 is 2.26 bits per heavy atom. The van der Waals surface area contributed by atoms with E-state index in [9.17, 15) is 4.55 Å². The molecule has 2 atom stereocenters. The maximum Gasteiger partial charge on any atom is 0.137 e. The van der Waals surface area contributed by atoms with Crippen molar-refractivity contribution in [2.75, 3.05) is 0 Å². The molecule has 0 saturated carbocycles. The van der Waals surface area contributed by atoms with E-state index in [1.54, 1.807) is 0 Å². The second kappa shape index (κ2) is 11.9. The molecular formula is C32H40N4OS. The standard InChI is InChI=1S/C32H40N4OS/c1-22-15-16-33-28(17-22)14-13-26-9-8-10-27(20-26)30(35-38(37)32(5,6)7)21-29-18-23(2)19-31(34-29)36-24(3)11-12-25(36)4/h8-12,15-20,30,35H,13-14,21H2,1-7H3/t30-,38+/m1/s1. The molecule has 4 rings (SSSR count). The topological polar surface area (TPSA) is 65.8 Å². The summed E-state index contributed by atoms with van der Waals surface area (Å²) in [5.41, 5.74) is 9.15. The molecule has 5 nitrogen and oxygen atoms in total. The Labute approximate surface area is 231 Å². The molecule has 38 heavy (non-hydrogen) atoms. The maximum atomic E-state index is 13.2. The van der Waals surface area contributed by atoms with Crippen LogP contribution in [-0.2, 0) is 30.6 Å². The van der Waals surface area contributed by atoms with E-state index >= 15 is 0 Å². The summed E-state index contributed by atoms with van der Waals surface area (Å²) in [7, 11) is 0. The molecule has 6 heteroatoms. The van der Waals surface area contributed by atoms with Crippen LogP contribution in [0.5, 0.6) is 0 Å².